The molecule has 0 bridgehead atoms. The van der Waals surface area contributed by atoms with Gasteiger partial charge in [-0.3, -0.25) is 10.1 Å². The standard InChI is InChI=1S/C14H20N2O3/c1-10-12(16(17)18)7-5-9-13(10)19-14-8-4-2-3-6-11(14)15/h5,7,9,11,14H,2-4,6,8,15H2,1H3. The molecule has 5 nitrogen and oxygen atoms in total. The number of nitrogens with two attached hydrogens (primary N) is 1. The first-order chi connectivity index (χ1) is 9.09. The van der Waals surface area contributed by atoms with Crippen LogP contribution in [0, 0.1) is 17.0 Å². The number of rotatable bonds is 3. The second kappa shape index (κ2) is 6.02. The van der Waals surface area contributed by atoms with Gasteiger partial charge in [-0.15, -0.1) is 0 Å². The molecule has 0 aromatic heterocycles. The third kappa shape index (κ3) is 3.23. The van der Waals surface area contributed by atoms with E-state index >= 15 is 0 Å². The fourth-order valence-corrected chi connectivity index (χ4v) is 2.54. The molecule has 104 valence electrons. The first-order valence-corrected chi connectivity index (χ1v) is 6.76. The molecular weight excluding hydrogens is 244 g/mol. The minimum atomic E-state index is -0.380. The molecule has 5 heteroatoms. The average Bonchev–Trinajstić information content (AvgIpc) is 2.57. The SMILES string of the molecule is Cc1c(OC2CCCCCC2N)cccc1[N+](=O)[O-]. The van der Waals surface area contributed by atoms with Gasteiger partial charge in [-0.05, 0) is 32.3 Å². The summed E-state index contributed by atoms with van der Waals surface area (Å²) >= 11 is 0. The van der Waals surface area contributed by atoms with Crippen molar-refractivity contribution in [2.45, 2.75) is 51.2 Å². The normalized spacial score (nSPS) is 23.7. The minimum Gasteiger partial charge on any atom is -0.488 e. The highest BCUT2D eigenvalue weighted by Gasteiger charge is 2.24. The van der Waals surface area contributed by atoms with Crippen molar-refractivity contribution in [3.8, 4) is 5.75 Å². The highest BCUT2D eigenvalue weighted by Crippen LogP contribution is 2.30. The highest BCUT2D eigenvalue weighted by molar-refractivity contribution is 5.48. The number of hydrogen-bond acceptors (Lipinski definition) is 4. The summed E-state index contributed by atoms with van der Waals surface area (Å²) in [6.45, 7) is 1.72. The summed E-state index contributed by atoms with van der Waals surface area (Å²) in [5, 5.41) is 10.9. The van der Waals surface area contributed by atoms with Crippen LogP contribution in [-0.4, -0.2) is 17.1 Å². The lowest BCUT2D eigenvalue weighted by Crippen LogP contribution is -2.38. The van der Waals surface area contributed by atoms with E-state index in [-0.39, 0.29) is 22.8 Å². The van der Waals surface area contributed by atoms with E-state index in [1.807, 2.05) is 0 Å². The summed E-state index contributed by atoms with van der Waals surface area (Å²) in [7, 11) is 0. The van der Waals surface area contributed by atoms with E-state index in [2.05, 4.69) is 0 Å². The van der Waals surface area contributed by atoms with Crippen LogP contribution in [0.5, 0.6) is 5.75 Å². The summed E-state index contributed by atoms with van der Waals surface area (Å²) in [5.41, 5.74) is 6.79. The lowest BCUT2D eigenvalue weighted by atomic mass is 10.1. The molecular formula is C14H20N2O3. The molecule has 1 aliphatic rings. The number of nitro groups is 1. The Balaban J connectivity index is 2.18. The Morgan fingerprint density at radius 1 is 1.32 bits per heavy atom. The van der Waals surface area contributed by atoms with Crippen LogP contribution in [0.1, 0.15) is 37.7 Å². The maximum absolute atomic E-state index is 10.9. The first kappa shape index (κ1) is 13.8. The van der Waals surface area contributed by atoms with E-state index in [1.54, 1.807) is 19.1 Å². The maximum atomic E-state index is 10.9. The fraction of sp³-hybridized carbons (Fsp3) is 0.571. The van der Waals surface area contributed by atoms with Crippen molar-refractivity contribution < 1.29 is 9.66 Å². The fourth-order valence-electron chi connectivity index (χ4n) is 2.54. The molecule has 0 amide bonds. The predicted octanol–water partition coefficient (Wildman–Crippen LogP) is 2.94. The van der Waals surface area contributed by atoms with E-state index in [9.17, 15) is 10.1 Å². The van der Waals surface area contributed by atoms with Crippen molar-refractivity contribution in [3.05, 3.63) is 33.9 Å². The largest absolute Gasteiger partial charge is 0.488 e. The molecule has 1 fully saturated rings. The van der Waals surface area contributed by atoms with Crippen molar-refractivity contribution in [1.82, 2.24) is 0 Å². The predicted molar refractivity (Wildman–Crippen MR) is 73.3 cm³/mol. The zero-order chi connectivity index (χ0) is 13.8. The van der Waals surface area contributed by atoms with E-state index in [0.29, 0.717) is 11.3 Å². The molecule has 0 heterocycles. The number of nitro benzene ring substituents is 1. The van der Waals surface area contributed by atoms with Crippen LogP contribution in [0.25, 0.3) is 0 Å². The number of benzene rings is 1. The lowest BCUT2D eigenvalue weighted by molar-refractivity contribution is -0.385. The number of ether oxygens (including phenoxy) is 1. The van der Waals surface area contributed by atoms with Gasteiger partial charge in [0.1, 0.15) is 11.9 Å². The van der Waals surface area contributed by atoms with Gasteiger partial charge in [0.15, 0.2) is 0 Å². The number of nitrogens with zero attached hydrogens (tertiary/aromatic N) is 1. The smallest absolute Gasteiger partial charge is 0.276 e. The molecule has 19 heavy (non-hydrogen) atoms. The quantitative estimate of drug-likeness (QED) is 0.517. The third-order valence-corrected chi connectivity index (χ3v) is 3.73. The Kier molecular flexibility index (Phi) is 4.37. The van der Waals surface area contributed by atoms with Gasteiger partial charge in [-0.2, -0.15) is 0 Å². The Morgan fingerprint density at radius 2 is 2.05 bits per heavy atom. The van der Waals surface area contributed by atoms with Crippen LogP contribution in [0.2, 0.25) is 0 Å². The summed E-state index contributed by atoms with van der Waals surface area (Å²) in [5.74, 6) is 0.580. The minimum absolute atomic E-state index is 0.0150. The molecule has 2 N–H and O–H groups in total. The molecule has 1 saturated carbocycles. The van der Waals surface area contributed by atoms with Crippen LogP contribution < -0.4 is 10.5 Å². The molecule has 2 unspecified atom stereocenters. The Hall–Kier alpha value is -1.62. The van der Waals surface area contributed by atoms with E-state index in [1.165, 1.54) is 12.5 Å². The Bertz CT molecular complexity index is 462. The van der Waals surface area contributed by atoms with E-state index < -0.39 is 0 Å². The van der Waals surface area contributed by atoms with Gasteiger partial charge in [0.2, 0.25) is 0 Å². The van der Waals surface area contributed by atoms with Crippen molar-refractivity contribution in [2.75, 3.05) is 0 Å². The summed E-state index contributed by atoms with van der Waals surface area (Å²) in [6, 6.07) is 4.94. The summed E-state index contributed by atoms with van der Waals surface area (Å²) in [6.07, 6.45) is 5.26. The van der Waals surface area contributed by atoms with Crippen molar-refractivity contribution in [1.29, 1.82) is 0 Å². The van der Waals surface area contributed by atoms with E-state index in [0.717, 1.165) is 25.7 Å². The van der Waals surface area contributed by atoms with Gasteiger partial charge in [0.25, 0.3) is 5.69 Å². The second-order valence-corrected chi connectivity index (χ2v) is 5.12. The maximum Gasteiger partial charge on any atom is 0.276 e. The molecule has 0 spiro atoms. The molecule has 0 radical (unpaired) electrons. The second-order valence-electron chi connectivity index (χ2n) is 5.12. The van der Waals surface area contributed by atoms with Crippen LogP contribution in [-0.2, 0) is 0 Å². The molecule has 2 atom stereocenters. The zero-order valence-electron chi connectivity index (χ0n) is 11.2. The molecule has 0 aliphatic heterocycles. The topological polar surface area (TPSA) is 78.4 Å². The average molecular weight is 264 g/mol. The van der Waals surface area contributed by atoms with Gasteiger partial charge in [-0.1, -0.05) is 18.9 Å². The van der Waals surface area contributed by atoms with Crippen LogP contribution in [0.4, 0.5) is 5.69 Å². The molecule has 1 aromatic carbocycles. The lowest BCUT2D eigenvalue weighted by Gasteiger charge is -2.23. The van der Waals surface area contributed by atoms with Crippen LogP contribution in [0.3, 0.4) is 0 Å². The van der Waals surface area contributed by atoms with Crippen LogP contribution >= 0.6 is 0 Å². The first-order valence-electron chi connectivity index (χ1n) is 6.76. The van der Waals surface area contributed by atoms with Crippen molar-refractivity contribution in [3.63, 3.8) is 0 Å². The molecule has 0 saturated heterocycles. The monoisotopic (exact) mass is 264 g/mol. The highest BCUT2D eigenvalue weighted by atomic mass is 16.6. The van der Waals surface area contributed by atoms with Gasteiger partial charge < -0.3 is 10.5 Å². The summed E-state index contributed by atoms with van der Waals surface area (Å²) < 4.78 is 5.94. The van der Waals surface area contributed by atoms with Gasteiger partial charge in [0, 0.05) is 12.1 Å². The van der Waals surface area contributed by atoms with Crippen LogP contribution in [0.15, 0.2) is 18.2 Å². The van der Waals surface area contributed by atoms with E-state index in [4.69, 9.17) is 10.5 Å². The summed E-state index contributed by atoms with van der Waals surface area (Å²) in [4.78, 5) is 10.5. The Labute approximate surface area is 112 Å². The van der Waals surface area contributed by atoms with Gasteiger partial charge in [0.05, 0.1) is 10.5 Å². The molecule has 1 aromatic rings. The number of hydrogen-bond donors (Lipinski definition) is 1. The van der Waals surface area contributed by atoms with Crippen molar-refractivity contribution >= 4 is 5.69 Å². The Morgan fingerprint density at radius 3 is 2.79 bits per heavy atom. The molecule has 1 aliphatic carbocycles. The van der Waals surface area contributed by atoms with Gasteiger partial charge in [-0.25, -0.2) is 0 Å². The van der Waals surface area contributed by atoms with Crippen molar-refractivity contribution in [2.24, 2.45) is 5.73 Å². The third-order valence-electron chi connectivity index (χ3n) is 3.73. The molecule has 2 rings (SSSR count). The zero-order valence-corrected chi connectivity index (χ0v) is 11.2. The van der Waals surface area contributed by atoms with Gasteiger partial charge >= 0.3 is 0 Å².